The number of benzene rings is 1. The van der Waals surface area contributed by atoms with Crippen molar-refractivity contribution in [2.75, 3.05) is 5.32 Å². The third-order valence-corrected chi connectivity index (χ3v) is 3.28. The second-order valence-electron chi connectivity index (χ2n) is 5.14. The van der Waals surface area contributed by atoms with Crippen LogP contribution < -0.4 is 10.9 Å². The highest BCUT2D eigenvalue weighted by molar-refractivity contribution is 6.03. The number of carbonyl (C=O) groups is 1. The highest BCUT2D eigenvalue weighted by Gasteiger charge is 2.17. The van der Waals surface area contributed by atoms with Gasteiger partial charge in [0, 0.05) is 12.3 Å². The van der Waals surface area contributed by atoms with Crippen LogP contribution in [0.15, 0.2) is 59.5 Å². The molecule has 0 aliphatic heterocycles. The van der Waals surface area contributed by atoms with Gasteiger partial charge in [0.15, 0.2) is 11.4 Å². The van der Waals surface area contributed by atoms with E-state index in [1.54, 1.807) is 36.4 Å². The molecule has 0 atom stereocenters. The summed E-state index contributed by atoms with van der Waals surface area (Å²) in [5, 5.41) is 16.4. The van der Waals surface area contributed by atoms with Gasteiger partial charge in [-0.1, -0.05) is 18.2 Å². The first-order valence-corrected chi connectivity index (χ1v) is 7.17. The van der Waals surface area contributed by atoms with E-state index in [0.717, 1.165) is 16.3 Å². The van der Waals surface area contributed by atoms with Crippen LogP contribution in [0.4, 0.5) is 5.82 Å². The molecule has 0 bridgehead atoms. The Balaban J connectivity index is 2.01. The Hall–Kier alpha value is -3.48. The van der Waals surface area contributed by atoms with Crippen molar-refractivity contribution in [1.29, 1.82) is 0 Å². The minimum absolute atomic E-state index is 0.262. The van der Waals surface area contributed by atoms with Crippen LogP contribution in [0.5, 0.6) is 5.75 Å². The third kappa shape index (κ3) is 3.14. The number of aromatic hydroxyl groups is 1. The van der Waals surface area contributed by atoms with Crippen molar-refractivity contribution < 1.29 is 9.90 Å². The first-order valence-electron chi connectivity index (χ1n) is 7.17. The highest BCUT2D eigenvalue weighted by atomic mass is 16.3. The quantitative estimate of drug-likeness (QED) is 0.767. The normalized spacial score (nSPS) is 10.4. The monoisotopic (exact) mass is 322 g/mol. The molecule has 7 nitrogen and oxygen atoms in total. The Labute approximate surface area is 137 Å². The average Bonchev–Trinajstić information content (AvgIpc) is 2.55. The number of anilines is 1. The smallest absolute Gasteiger partial charge is 0.281 e. The van der Waals surface area contributed by atoms with Crippen molar-refractivity contribution in [3.63, 3.8) is 0 Å². The number of carbonyl (C=O) groups excluding carboxylic acids is 1. The molecule has 2 N–H and O–H groups in total. The number of hydrogen-bond acceptors (Lipinski definition) is 5. The van der Waals surface area contributed by atoms with Crippen molar-refractivity contribution >= 4 is 11.7 Å². The summed E-state index contributed by atoms with van der Waals surface area (Å²) in [6.45, 7) is 1.88. The van der Waals surface area contributed by atoms with Gasteiger partial charge in [0.25, 0.3) is 11.5 Å². The third-order valence-electron chi connectivity index (χ3n) is 3.28. The van der Waals surface area contributed by atoms with Crippen LogP contribution in [0.3, 0.4) is 0 Å². The summed E-state index contributed by atoms with van der Waals surface area (Å²) in [6.07, 6.45) is 1.52. The molecule has 0 saturated heterocycles. The molecule has 2 heterocycles. The number of rotatable bonds is 3. The zero-order chi connectivity index (χ0) is 17.1. The second kappa shape index (κ2) is 6.33. The van der Waals surface area contributed by atoms with Crippen molar-refractivity contribution in [3.8, 4) is 11.4 Å². The first-order chi connectivity index (χ1) is 11.5. The van der Waals surface area contributed by atoms with Crippen LogP contribution in [0, 0.1) is 6.92 Å². The molecule has 0 radical (unpaired) electrons. The van der Waals surface area contributed by atoms with Gasteiger partial charge >= 0.3 is 0 Å². The molecule has 0 aliphatic carbocycles. The van der Waals surface area contributed by atoms with E-state index in [0.29, 0.717) is 11.5 Å². The van der Waals surface area contributed by atoms with E-state index < -0.39 is 17.2 Å². The van der Waals surface area contributed by atoms with Crippen molar-refractivity contribution in [2.24, 2.45) is 0 Å². The number of aromatic nitrogens is 3. The predicted molar refractivity (Wildman–Crippen MR) is 88.4 cm³/mol. The Morgan fingerprint density at radius 1 is 1.17 bits per heavy atom. The van der Waals surface area contributed by atoms with Gasteiger partial charge in [-0.25, -0.2) is 4.98 Å². The van der Waals surface area contributed by atoms with Crippen LogP contribution in [0.25, 0.3) is 5.69 Å². The van der Waals surface area contributed by atoms with Gasteiger partial charge in [0.05, 0.1) is 5.69 Å². The number of hydrogen-bond donors (Lipinski definition) is 2. The summed E-state index contributed by atoms with van der Waals surface area (Å²) in [7, 11) is 0. The topological polar surface area (TPSA) is 97.1 Å². The minimum atomic E-state index is -0.660. The number of amides is 1. The summed E-state index contributed by atoms with van der Waals surface area (Å²) in [5.74, 6) is -0.832. The molecule has 0 fully saturated rings. The second-order valence-corrected chi connectivity index (χ2v) is 5.14. The Bertz CT molecular complexity index is 952. The van der Waals surface area contributed by atoms with E-state index in [9.17, 15) is 14.7 Å². The van der Waals surface area contributed by atoms with Crippen molar-refractivity contribution in [3.05, 3.63) is 76.3 Å². The summed E-state index contributed by atoms with van der Waals surface area (Å²) < 4.78 is 1.07. The molecule has 7 heteroatoms. The lowest BCUT2D eigenvalue weighted by Gasteiger charge is -2.09. The summed E-state index contributed by atoms with van der Waals surface area (Å²) in [5.41, 5.74) is 0.648. The van der Waals surface area contributed by atoms with Crippen molar-refractivity contribution in [1.82, 2.24) is 14.8 Å². The van der Waals surface area contributed by atoms with Crippen molar-refractivity contribution in [2.45, 2.75) is 6.92 Å². The molecule has 0 spiro atoms. The Morgan fingerprint density at radius 2 is 2.00 bits per heavy atom. The molecule has 24 heavy (non-hydrogen) atoms. The molecule has 1 amide bonds. The van der Waals surface area contributed by atoms with Gasteiger partial charge in [0.2, 0.25) is 0 Å². The lowest BCUT2D eigenvalue weighted by molar-refractivity contribution is 0.101. The molecule has 2 aromatic heterocycles. The predicted octanol–water partition coefficient (Wildman–Crippen LogP) is 1.89. The standard InChI is InChI=1S/C17H14N4O3/c1-11-5-4-6-12(9-11)21-15(23)10-13(22)16(20-21)17(24)19-14-7-2-3-8-18-14/h2-10,22H,1H3,(H,18,19,24). The number of nitrogens with zero attached hydrogens (tertiary/aromatic N) is 3. The van der Waals surface area contributed by atoms with E-state index in [1.165, 1.54) is 6.20 Å². The van der Waals surface area contributed by atoms with E-state index in [1.807, 2.05) is 13.0 Å². The van der Waals surface area contributed by atoms with Crippen LogP contribution in [0.1, 0.15) is 16.1 Å². The minimum Gasteiger partial charge on any atom is -0.505 e. The number of aryl methyl sites for hydroxylation is 1. The van der Waals surface area contributed by atoms with E-state index in [4.69, 9.17) is 0 Å². The molecule has 0 saturated carbocycles. The highest BCUT2D eigenvalue weighted by Crippen LogP contribution is 2.15. The number of nitrogens with one attached hydrogen (secondary N) is 1. The molecule has 120 valence electrons. The maximum atomic E-state index is 12.3. The van der Waals surface area contributed by atoms with E-state index in [-0.39, 0.29) is 5.69 Å². The van der Waals surface area contributed by atoms with Gasteiger partial charge in [-0.15, -0.1) is 0 Å². The van der Waals surface area contributed by atoms with Gasteiger partial charge in [-0.3, -0.25) is 9.59 Å². The summed E-state index contributed by atoms with van der Waals surface area (Å²) in [4.78, 5) is 28.4. The summed E-state index contributed by atoms with van der Waals surface area (Å²) >= 11 is 0. The molecule has 0 aliphatic rings. The van der Waals surface area contributed by atoms with Gasteiger partial charge < -0.3 is 10.4 Å². The fourth-order valence-corrected chi connectivity index (χ4v) is 2.17. The van der Waals surface area contributed by atoms with Crippen LogP contribution in [0.2, 0.25) is 0 Å². The number of pyridine rings is 1. The maximum Gasteiger partial charge on any atom is 0.281 e. The summed E-state index contributed by atoms with van der Waals surface area (Å²) in [6, 6.07) is 13.1. The molecular formula is C17H14N4O3. The van der Waals surface area contributed by atoms with Gasteiger partial charge in [-0.2, -0.15) is 9.78 Å². The van der Waals surface area contributed by atoms with Gasteiger partial charge in [-0.05, 0) is 36.8 Å². The largest absolute Gasteiger partial charge is 0.505 e. The first kappa shape index (κ1) is 15.4. The molecule has 0 unspecified atom stereocenters. The Morgan fingerprint density at radius 3 is 2.71 bits per heavy atom. The molecule has 3 aromatic rings. The zero-order valence-corrected chi connectivity index (χ0v) is 12.8. The lowest BCUT2D eigenvalue weighted by Crippen LogP contribution is -2.25. The van der Waals surface area contributed by atoms with Crippen LogP contribution in [-0.4, -0.2) is 25.8 Å². The van der Waals surface area contributed by atoms with Crippen LogP contribution >= 0.6 is 0 Å². The van der Waals surface area contributed by atoms with E-state index >= 15 is 0 Å². The zero-order valence-electron chi connectivity index (χ0n) is 12.8. The molecular weight excluding hydrogens is 308 g/mol. The fourth-order valence-electron chi connectivity index (χ4n) is 2.17. The average molecular weight is 322 g/mol. The molecule has 3 rings (SSSR count). The lowest BCUT2D eigenvalue weighted by atomic mass is 10.2. The fraction of sp³-hybridized carbons (Fsp3) is 0.0588. The van der Waals surface area contributed by atoms with E-state index in [2.05, 4.69) is 15.4 Å². The maximum absolute atomic E-state index is 12.3. The van der Waals surface area contributed by atoms with Crippen LogP contribution in [-0.2, 0) is 0 Å². The molecule has 1 aromatic carbocycles. The SMILES string of the molecule is Cc1cccc(-n2nc(C(=O)Nc3ccccn3)c(O)cc2=O)c1. The Kier molecular flexibility index (Phi) is 4.07. The van der Waals surface area contributed by atoms with Gasteiger partial charge in [0.1, 0.15) is 5.82 Å².